The third-order valence-corrected chi connectivity index (χ3v) is 4.43. The van der Waals surface area contributed by atoms with E-state index in [4.69, 9.17) is 11.5 Å². The molecule has 8 N–H and O–H groups in total. The molecular formula is C15H16F6N2O4. The van der Waals surface area contributed by atoms with Gasteiger partial charge in [-0.05, 0) is 23.3 Å². The van der Waals surface area contributed by atoms with E-state index < -0.39 is 52.6 Å². The first-order chi connectivity index (χ1) is 12.0. The van der Waals surface area contributed by atoms with Crippen molar-refractivity contribution in [3.05, 3.63) is 47.6 Å². The fourth-order valence-corrected chi connectivity index (χ4v) is 2.87. The SMILES string of the molecule is NC1C=C(C(C2=CC(N)C(O)(O)C=C2)(C(F)(F)F)C(F)(F)F)C=CC1(O)O. The summed E-state index contributed by atoms with van der Waals surface area (Å²) in [5, 5.41) is 37.9. The van der Waals surface area contributed by atoms with E-state index >= 15 is 0 Å². The summed E-state index contributed by atoms with van der Waals surface area (Å²) in [5.74, 6) is -5.68. The van der Waals surface area contributed by atoms with E-state index in [1.807, 2.05) is 0 Å². The molecule has 2 unspecified atom stereocenters. The molecule has 0 aromatic carbocycles. The van der Waals surface area contributed by atoms with E-state index in [9.17, 15) is 46.8 Å². The van der Waals surface area contributed by atoms with Crippen molar-refractivity contribution in [3.8, 4) is 0 Å². The quantitative estimate of drug-likeness (QED) is 0.287. The lowest BCUT2D eigenvalue weighted by Gasteiger charge is -2.43. The van der Waals surface area contributed by atoms with Crippen LogP contribution in [0.4, 0.5) is 26.3 Å². The summed E-state index contributed by atoms with van der Waals surface area (Å²) in [4.78, 5) is 0. The number of hydrogen-bond donors (Lipinski definition) is 6. The second-order valence-corrected chi connectivity index (χ2v) is 6.27. The van der Waals surface area contributed by atoms with Crippen LogP contribution in [0.2, 0.25) is 0 Å². The first-order valence-electron chi connectivity index (χ1n) is 7.34. The maximum absolute atomic E-state index is 13.9. The van der Waals surface area contributed by atoms with Gasteiger partial charge in [0.2, 0.25) is 17.0 Å². The molecule has 2 atom stereocenters. The molecule has 12 heteroatoms. The average molecular weight is 402 g/mol. The molecular weight excluding hydrogens is 386 g/mol. The third-order valence-electron chi connectivity index (χ3n) is 4.43. The molecule has 2 aliphatic rings. The maximum Gasteiger partial charge on any atom is 0.411 e. The van der Waals surface area contributed by atoms with Crippen molar-refractivity contribution >= 4 is 0 Å². The van der Waals surface area contributed by atoms with E-state index in [0.29, 0.717) is 12.2 Å². The van der Waals surface area contributed by atoms with Crippen LogP contribution in [0, 0.1) is 5.41 Å². The van der Waals surface area contributed by atoms with E-state index in [0.717, 1.165) is 0 Å². The Labute approximate surface area is 148 Å². The molecule has 2 aliphatic carbocycles. The molecule has 2 rings (SSSR count). The highest BCUT2D eigenvalue weighted by molar-refractivity contribution is 5.50. The van der Waals surface area contributed by atoms with Crippen LogP contribution in [0.25, 0.3) is 0 Å². The van der Waals surface area contributed by atoms with Gasteiger partial charge in [0.05, 0.1) is 12.1 Å². The van der Waals surface area contributed by atoms with E-state index in [1.54, 1.807) is 0 Å². The molecule has 0 bridgehead atoms. The van der Waals surface area contributed by atoms with Gasteiger partial charge in [0.25, 0.3) is 0 Å². The summed E-state index contributed by atoms with van der Waals surface area (Å²) in [6.45, 7) is 0. The number of hydrogen-bond acceptors (Lipinski definition) is 6. The second kappa shape index (κ2) is 6.15. The molecule has 0 aliphatic heterocycles. The number of nitrogens with two attached hydrogens (primary N) is 2. The molecule has 0 amide bonds. The van der Waals surface area contributed by atoms with E-state index in [1.165, 1.54) is 0 Å². The van der Waals surface area contributed by atoms with Crippen LogP contribution < -0.4 is 11.5 Å². The molecule has 0 radical (unpaired) electrons. The largest absolute Gasteiger partial charge is 0.411 e. The van der Waals surface area contributed by atoms with Gasteiger partial charge in [0.15, 0.2) is 0 Å². The number of allylic oxidation sites excluding steroid dienone is 4. The Morgan fingerprint density at radius 2 is 1.00 bits per heavy atom. The lowest BCUT2D eigenvalue weighted by Crippen LogP contribution is -2.56. The first-order valence-corrected chi connectivity index (χ1v) is 7.34. The van der Waals surface area contributed by atoms with Crippen LogP contribution >= 0.6 is 0 Å². The molecule has 152 valence electrons. The Balaban J connectivity index is 2.80. The Hall–Kier alpha value is -1.70. The smallest absolute Gasteiger partial charge is 0.361 e. The summed E-state index contributed by atoms with van der Waals surface area (Å²) in [7, 11) is 0. The normalized spacial score (nSPS) is 28.0. The van der Waals surface area contributed by atoms with Crippen molar-refractivity contribution in [2.45, 2.75) is 36.0 Å². The minimum absolute atomic E-state index is 0.237. The maximum atomic E-state index is 13.9. The second-order valence-electron chi connectivity index (χ2n) is 6.27. The van der Waals surface area contributed by atoms with Crippen molar-refractivity contribution in [1.29, 1.82) is 0 Å². The van der Waals surface area contributed by atoms with Crippen LogP contribution in [-0.4, -0.2) is 56.4 Å². The topological polar surface area (TPSA) is 133 Å². The van der Waals surface area contributed by atoms with Gasteiger partial charge < -0.3 is 31.9 Å². The van der Waals surface area contributed by atoms with Crippen molar-refractivity contribution in [2.24, 2.45) is 16.9 Å². The highest BCUT2D eigenvalue weighted by Gasteiger charge is 2.74. The number of halogens is 6. The van der Waals surface area contributed by atoms with Crippen LogP contribution in [0.3, 0.4) is 0 Å². The fourth-order valence-electron chi connectivity index (χ4n) is 2.87. The molecule has 0 saturated carbocycles. The highest BCUT2D eigenvalue weighted by Crippen LogP contribution is 2.61. The highest BCUT2D eigenvalue weighted by atomic mass is 19.4. The van der Waals surface area contributed by atoms with Crippen LogP contribution in [0.1, 0.15) is 0 Å². The van der Waals surface area contributed by atoms with Gasteiger partial charge in [-0.3, -0.25) is 0 Å². The average Bonchev–Trinajstić information content (AvgIpc) is 2.44. The minimum atomic E-state index is -5.97. The summed E-state index contributed by atoms with van der Waals surface area (Å²) < 4.78 is 83.3. The summed E-state index contributed by atoms with van der Waals surface area (Å²) in [5.41, 5.74) is 3.09. The zero-order valence-corrected chi connectivity index (χ0v) is 13.3. The van der Waals surface area contributed by atoms with Crippen LogP contribution in [0.5, 0.6) is 0 Å². The lowest BCUT2D eigenvalue weighted by atomic mass is 9.68. The van der Waals surface area contributed by atoms with Gasteiger partial charge in [-0.15, -0.1) is 0 Å². The van der Waals surface area contributed by atoms with Gasteiger partial charge in [0, 0.05) is 0 Å². The fraction of sp³-hybridized carbons (Fsp3) is 0.467. The zero-order chi connectivity index (χ0) is 21.1. The Morgan fingerprint density at radius 3 is 1.22 bits per heavy atom. The molecule has 0 saturated heterocycles. The van der Waals surface area contributed by atoms with Crippen molar-refractivity contribution in [3.63, 3.8) is 0 Å². The molecule has 0 fully saturated rings. The first kappa shape index (κ1) is 21.6. The van der Waals surface area contributed by atoms with Gasteiger partial charge >= 0.3 is 12.4 Å². The molecule has 0 aromatic heterocycles. The van der Waals surface area contributed by atoms with Crippen molar-refractivity contribution in [2.75, 3.05) is 0 Å². The van der Waals surface area contributed by atoms with Gasteiger partial charge in [-0.1, -0.05) is 24.3 Å². The molecule has 0 heterocycles. The summed E-state index contributed by atoms with van der Waals surface area (Å²) in [6.07, 6.45) is -10.3. The predicted molar refractivity (Wildman–Crippen MR) is 79.3 cm³/mol. The summed E-state index contributed by atoms with van der Waals surface area (Å²) in [6, 6.07) is -3.98. The standard InChI is InChI=1S/C15H16F6N2O4/c16-14(17,18)13(15(19,20)21,7-1-3-11(24,25)9(22)5-7)8-2-4-12(26,27)10(23)6-8/h1-6,9-10,24-27H,22-23H2. The molecule has 27 heavy (non-hydrogen) atoms. The molecule has 0 aromatic rings. The third kappa shape index (κ3) is 3.32. The number of alkyl halides is 6. The van der Waals surface area contributed by atoms with Crippen molar-refractivity contribution in [1.82, 2.24) is 0 Å². The van der Waals surface area contributed by atoms with E-state index in [2.05, 4.69) is 0 Å². The number of aliphatic hydroxyl groups is 4. The Morgan fingerprint density at radius 1 is 0.704 bits per heavy atom. The predicted octanol–water partition coefficient (Wildman–Crippen LogP) is 0.106. The van der Waals surface area contributed by atoms with Crippen LogP contribution in [-0.2, 0) is 0 Å². The van der Waals surface area contributed by atoms with Crippen molar-refractivity contribution < 1.29 is 46.8 Å². The summed E-state index contributed by atoms with van der Waals surface area (Å²) >= 11 is 0. The Bertz CT molecular complexity index is 672. The Kier molecular flexibility index (Phi) is 4.92. The van der Waals surface area contributed by atoms with Gasteiger partial charge in [0.1, 0.15) is 0 Å². The monoisotopic (exact) mass is 402 g/mol. The number of rotatable bonds is 2. The molecule has 6 nitrogen and oxygen atoms in total. The van der Waals surface area contributed by atoms with Gasteiger partial charge in [-0.2, -0.15) is 26.3 Å². The van der Waals surface area contributed by atoms with Crippen LogP contribution in [0.15, 0.2) is 47.6 Å². The van der Waals surface area contributed by atoms with Gasteiger partial charge in [-0.25, -0.2) is 0 Å². The zero-order valence-electron chi connectivity index (χ0n) is 13.3. The lowest BCUT2D eigenvalue weighted by molar-refractivity contribution is -0.309. The van der Waals surface area contributed by atoms with E-state index in [-0.39, 0.29) is 24.3 Å². The molecule has 0 spiro atoms. The minimum Gasteiger partial charge on any atom is -0.361 e.